The minimum absolute atomic E-state index is 0.180. The highest BCUT2D eigenvalue weighted by atomic mass is 32.2. The maximum absolute atomic E-state index is 13.0. The molecule has 7 nitrogen and oxygen atoms in total. The molecular formula is C22H29N3O4S2. The molecule has 2 atom stereocenters. The van der Waals surface area contributed by atoms with E-state index in [1.807, 2.05) is 13.8 Å². The Morgan fingerprint density at radius 3 is 2.16 bits per heavy atom. The van der Waals surface area contributed by atoms with E-state index in [9.17, 15) is 18.0 Å². The van der Waals surface area contributed by atoms with Gasteiger partial charge in [0, 0.05) is 30.6 Å². The number of piperidine rings is 1. The van der Waals surface area contributed by atoms with E-state index in [0.29, 0.717) is 41.1 Å². The Bertz CT molecular complexity index is 1080. The van der Waals surface area contributed by atoms with Crippen molar-refractivity contribution >= 4 is 38.2 Å². The number of carbonyl (C=O) groups is 2. The molecule has 1 aliphatic heterocycles. The third-order valence-electron chi connectivity index (χ3n) is 5.66. The zero-order chi connectivity index (χ0) is 22.9. The minimum atomic E-state index is -3.60. The summed E-state index contributed by atoms with van der Waals surface area (Å²) in [6.45, 7) is 8.87. The molecule has 0 saturated carbocycles. The zero-order valence-electron chi connectivity index (χ0n) is 18.5. The number of nitrogens with zero attached hydrogens (tertiary/aromatic N) is 1. The first-order valence-corrected chi connectivity index (χ1v) is 12.5. The fourth-order valence-electron chi connectivity index (χ4n) is 4.02. The molecule has 2 aromatic rings. The lowest BCUT2D eigenvalue weighted by atomic mass is 9.94. The van der Waals surface area contributed by atoms with Gasteiger partial charge in [0.05, 0.1) is 10.5 Å². The number of hydrogen-bond acceptors (Lipinski definition) is 5. The monoisotopic (exact) mass is 463 g/mol. The number of carbonyl (C=O) groups excluding carboxylic acids is 2. The summed E-state index contributed by atoms with van der Waals surface area (Å²) in [5, 5.41) is 5.87. The molecule has 3 rings (SSSR count). The Hall–Kier alpha value is -2.23. The van der Waals surface area contributed by atoms with Gasteiger partial charge in [0.15, 0.2) is 0 Å². The number of rotatable bonds is 5. The van der Waals surface area contributed by atoms with E-state index in [1.165, 1.54) is 39.9 Å². The van der Waals surface area contributed by atoms with Gasteiger partial charge in [-0.25, -0.2) is 8.42 Å². The quantitative estimate of drug-likeness (QED) is 0.708. The molecule has 1 aromatic carbocycles. The molecule has 2 N–H and O–H groups in total. The van der Waals surface area contributed by atoms with Crippen molar-refractivity contribution in [1.82, 2.24) is 9.62 Å². The van der Waals surface area contributed by atoms with Crippen LogP contribution < -0.4 is 10.6 Å². The number of anilines is 1. The molecule has 2 amide bonds. The van der Waals surface area contributed by atoms with Crippen molar-refractivity contribution in [3.05, 3.63) is 45.8 Å². The predicted molar refractivity (Wildman–Crippen MR) is 123 cm³/mol. The van der Waals surface area contributed by atoms with Crippen LogP contribution in [0.5, 0.6) is 0 Å². The molecule has 31 heavy (non-hydrogen) atoms. The van der Waals surface area contributed by atoms with Gasteiger partial charge in [-0.1, -0.05) is 13.8 Å². The van der Waals surface area contributed by atoms with Crippen LogP contribution in [0, 0.1) is 25.7 Å². The number of sulfonamides is 1. The van der Waals surface area contributed by atoms with Gasteiger partial charge >= 0.3 is 0 Å². The number of amides is 2. The summed E-state index contributed by atoms with van der Waals surface area (Å²) in [4.78, 5) is 26.1. The number of nitrogens with one attached hydrogen (secondary N) is 2. The van der Waals surface area contributed by atoms with E-state index >= 15 is 0 Å². The van der Waals surface area contributed by atoms with Gasteiger partial charge < -0.3 is 10.6 Å². The van der Waals surface area contributed by atoms with E-state index in [0.717, 1.165) is 16.9 Å². The van der Waals surface area contributed by atoms with E-state index in [1.54, 1.807) is 7.05 Å². The zero-order valence-corrected chi connectivity index (χ0v) is 20.1. The first-order valence-electron chi connectivity index (χ1n) is 10.3. The Morgan fingerprint density at radius 2 is 1.61 bits per heavy atom. The lowest BCUT2D eigenvalue weighted by Gasteiger charge is -2.34. The van der Waals surface area contributed by atoms with Crippen molar-refractivity contribution < 1.29 is 18.0 Å². The molecule has 0 radical (unpaired) electrons. The highest BCUT2D eigenvalue weighted by Crippen LogP contribution is 2.33. The van der Waals surface area contributed by atoms with E-state index in [4.69, 9.17) is 0 Å². The Balaban J connectivity index is 1.80. The SMILES string of the molecule is CNC(=O)c1c(NC(=O)c2ccc(S(=O)(=O)N3CC(C)CC(C)C3)cc2)sc(C)c1C. The normalized spacial score (nSPS) is 19.8. The minimum Gasteiger partial charge on any atom is -0.355 e. The van der Waals surface area contributed by atoms with Crippen molar-refractivity contribution in [3.8, 4) is 0 Å². The van der Waals surface area contributed by atoms with Crippen LogP contribution in [0.3, 0.4) is 0 Å². The third kappa shape index (κ3) is 4.83. The summed E-state index contributed by atoms with van der Waals surface area (Å²) in [6, 6.07) is 5.95. The van der Waals surface area contributed by atoms with Crippen molar-refractivity contribution in [2.45, 2.75) is 39.0 Å². The van der Waals surface area contributed by atoms with Gasteiger partial charge in [0.2, 0.25) is 10.0 Å². The van der Waals surface area contributed by atoms with Crippen LogP contribution >= 0.6 is 11.3 Å². The molecule has 0 bridgehead atoms. The van der Waals surface area contributed by atoms with Gasteiger partial charge in [0.1, 0.15) is 5.00 Å². The maximum atomic E-state index is 13.0. The number of hydrogen-bond donors (Lipinski definition) is 2. The van der Waals surface area contributed by atoms with E-state index in [-0.39, 0.29) is 10.8 Å². The Morgan fingerprint density at radius 1 is 1.03 bits per heavy atom. The standard InChI is InChI=1S/C22H29N3O4S2/c1-13-10-14(2)12-25(11-13)31(28,29)18-8-6-17(7-9-18)20(26)24-22-19(21(27)23-5)15(3)16(4)30-22/h6-9,13-14H,10-12H2,1-5H3,(H,23,27)(H,24,26). The van der Waals surface area contributed by atoms with Gasteiger partial charge in [0.25, 0.3) is 11.8 Å². The fraction of sp³-hybridized carbons (Fsp3) is 0.455. The van der Waals surface area contributed by atoms with Crippen LogP contribution in [-0.2, 0) is 10.0 Å². The summed E-state index contributed by atoms with van der Waals surface area (Å²) < 4.78 is 27.6. The summed E-state index contributed by atoms with van der Waals surface area (Å²) >= 11 is 1.34. The number of benzene rings is 1. The number of aryl methyl sites for hydroxylation is 1. The molecule has 2 heterocycles. The molecular weight excluding hydrogens is 434 g/mol. The third-order valence-corrected chi connectivity index (χ3v) is 8.62. The van der Waals surface area contributed by atoms with Crippen LogP contribution in [0.4, 0.5) is 5.00 Å². The average Bonchev–Trinajstić information content (AvgIpc) is 3.00. The molecule has 0 aliphatic carbocycles. The van der Waals surface area contributed by atoms with Crippen molar-refractivity contribution in [2.24, 2.45) is 11.8 Å². The van der Waals surface area contributed by atoms with Crippen LogP contribution in [0.1, 0.15) is 51.4 Å². The van der Waals surface area contributed by atoms with Crippen molar-refractivity contribution in [1.29, 1.82) is 0 Å². The highest BCUT2D eigenvalue weighted by molar-refractivity contribution is 7.89. The summed E-state index contributed by atoms with van der Waals surface area (Å²) in [6.07, 6.45) is 1.02. The molecule has 1 saturated heterocycles. The fourth-order valence-corrected chi connectivity index (χ4v) is 6.75. The van der Waals surface area contributed by atoms with Crippen LogP contribution in [0.15, 0.2) is 29.2 Å². The molecule has 1 fully saturated rings. The Labute approximate surface area is 187 Å². The lowest BCUT2D eigenvalue weighted by Crippen LogP contribution is -2.42. The first-order chi connectivity index (χ1) is 14.5. The largest absolute Gasteiger partial charge is 0.355 e. The first kappa shape index (κ1) is 23.4. The second-order valence-corrected chi connectivity index (χ2v) is 11.5. The average molecular weight is 464 g/mol. The molecule has 2 unspecified atom stereocenters. The molecule has 1 aromatic heterocycles. The maximum Gasteiger partial charge on any atom is 0.256 e. The van der Waals surface area contributed by atoms with Crippen LogP contribution in [0.2, 0.25) is 0 Å². The predicted octanol–water partition coefficient (Wildman–Crippen LogP) is 3.64. The van der Waals surface area contributed by atoms with Crippen molar-refractivity contribution in [3.63, 3.8) is 0 Å². The molecule has 168 valence electrons. The van der Waals surface area contributed by atoms with Gasteiger partial charge in [-0.3, -0.25) is 9.59 Å². The van der Waals surface area contributed by atoms with Gasteiger partial charge in [-0.15, -0.1) is 11.3 Å². The summed E-state index contributed by atoms with van der Waals surface area (Å²) in [5.74, 6) is -0.0225. The number of thiophene rings is 1. The highest BCUT2D eigenvalue weighted by Gasteiger charge is 2.31. The van der Waals surface area contributed by atoms with E-state index in [2.05, 4.69) is 24.5 Å². The summed E-state index contributed by atoms with van der Waals surface area (Å²) in [5.41, 5.74) is 1.60. The second kappa shape index (κ2) is 9.10. The summed E-state index contributed by atoms with van der Waals surface area (Å²) in [7, 11) is -2.06. The van der Waals surface area contributed by atoms with E-state index < -0.39 is 15.9 Å². The molecule has 0 spiro atoms. The van der Waals surface area contributed by atoms with Crippen LogP contribution in [0.25, 0.3) is 0 Å². The molecule has 1 aliphatic rings. The van der Waals surface area contributed by atoms with Crippen molar-refractivity contribution in [2.75, 3.05) is 25.5 Å². The topological polar surface area (TPSA) is 95.6 Å². The smallest absolute Gasteiger partial charge is 0.256 e. The second-order valence-electron chi connectivity index (χ2n) is 8.31. The van der Waals surface area contributed by atoms with Gasteiger partial charge in [-0.05, 0) is 61.9 Å². The lowest BCUT2D eigenvalue weighted by molar-refractivity contribution is 0.0963. The van der Waals surface area contributed by atoms with Crippen LogP contribution in [-0.4, -0.2) is 44.7 Å². The molecule has 9 heteroatoms. The van der Waals surface area contributed by atoms with Gasteiger partial charge in [-0.2, -0.15) is 4.31 Å². The Kier molecular flexibility index (Phi) is 6.88.